The van der Waals surface area contributed by atoms with Crippen LogP contribution in [-0.2, 0) is 29.5 Å². The minimum absolute atomic E-state index is 0.408. The Balaban J connectivity index is 2.48. The molecule has 1 aliphatic rings. The summed E-state index contributed by atoms with van der Waals surface area (Å²) in [7, 11) is -0.549. The third-order valence-corrected chi connectivity index (χ3v) is 9.78. The van der Waals surface area contributed by atoms with Crippen LogP contribution < -0.4 is 0 Å². The van der Waals surface area contributed by atoms with E-state index in [9.17, 15) is 0 Å². The first-order valence-corrected chi connectivity index (χ1v) is 8.16. The first-order valence-electron chi connectivity index (χ1n) is 4.04. The fourth-order valence-electron chi connectivity index (χ4n) is 1.27. The first kappa shape index (κ1) is 9.15. The molecule has 3 heteroatoms. The van der Waals surface area contributed by atoms with Crippen molar-refractivity contribution in [3.63, 3.8) is 0 Å². The molecule has 1 atom stereocenters. The standard InChI is InChI=1S/C7H15OSi.Zr/c1-9(2)7-5-3-4-6-8-7;/h9H,3-6H2,1-2H3;. The van der Waals surface area contributed by atoms with Crippen LogP contribution in [0.15, 0.2) is 0 Å². The molecule has 1 fully saturated rings. The van der Waals surface area contributed by atoms with Gasteiger partial charge in [0.1, 0.15) is 0 Å². The Morgan fingerprint density at radius 3 is 2.40 bits per heavy atom. The summed E-state index contributed by atoms with van der Waals surface area (Å²) in [5.41, 5.74) is 0. The van der Waals surface area contributed by atoms with E-state index in [2.05, 4.69) is 13.1 Å². The maximum atomic E-state index is 5.83. The van der Waals surface area contributed by atoms with Crippen molar-refractivity contribution in [1.29, 1.82) is 0 Å². The number of hydrogen-bond donors (Lipinski definition) is 0. The average Bonchev–Trinajstić information content (AvgIpc) is 1.89. The van der Waals surface area contributed by atoms with Crippen LogP contribution in [0.4, 0.5) is 0 Å². The molecule has 0 aromatic carbocycles. The van der Waals surface area contributed by atoms with E-state index >= 15 is 0 Å². The molecule has 0 saturated carbocycles. The van der Waals surface area contributed by atoms with Gasteiger partial charge in [-0.2, -0.15) is 0 Å². The predicted octanol–water partition coefficient (Wildman–Crippen LogP) is 1.46. The van der Waals surface area contributed by atoms with E-state index in [4.69, 9.17) is 4.74 Å². The maximum absolute atomic E-state index is 5.83. The number of rotatable bonds is 1. The van der Waals surface area contributed by atoms with Gasteiger partial charge in [-0.3, -0.25) is 0 Å². The second-order valence-corrected chi connectivity index (χ2v) is 10.1. The van der Waals surface area contributed by atoms with Crippen LogP contribution in [0.3, 0.4) is 0 Å². The van der Waals surface area contributed by atoms with Crippen molar-refractivity contribution in [1.82, 2.24) is 0 Å². The summed E-state index contributed by atoms with van der Waals surface area (Å²) in [6.45, 7) is 5.83. The summed E-state index contributed by atoms with van der Waals surface area (Å²) >= 11 is 1.62. The number of ether oxygens (including phenoxy) is 1. The summed E-state index contributed by atoms with van der Waals surface area (Å²) in [6.07, 6.45) is 4.03. The topological polar surface area (TPSA) is 9.23 Å². The molecule has 0 bridgehead atoms. The van der Waals surface area contributed by atoms with Gasteiger partial charge in [0.15, 0.2) is 0 Å². The second-order valence-electron chi connectivity index (χ2n) is 3.35. The molecular weight excluding hydrogens is 219 g/mol. The molecule has 0 amide bonds. The Hall–Kier alpha value is 1.06. The zero-order valence-corrected chi connectivity index (χ0v) is 10.4. The van der Waals surface area contributed by atoms with Crippen LogP contribution in [0.25, 0.3) is 0 Å². The fraction of sp³-hybridized carbons (Fsp3) is 1.00. The van der Waals surface area contributed by atoms with Gasteiger partial charge in [-0.25, -0.2) is 0 Å². The van der Waals surface area contributed by atoms with Gasteiger partial charge in [-0.15, -0.1) is 0 Å². The Bertz CT molecular complexity index is 110. The van der Waals surface area contributed by atoms with E-state index in [0.717, 1.165) is 6.61 Å². The average molecular weight is 235 g/mol. The van der Waals surface area contributed by atoms with Crippen LogP contribution in [0, 0.1) is 0 Å². The van der Waals surface area contributed by atoms with E-state index in [1.54, 1.807) is 24.7 Å². The van der Waals surface area contributed by atoms with Crippen LogP contribution in [-0.4, -0.2) is 18.3 Å². The van der Waals surface area contributed by atoms with Crippen molar-refractivity contribution in [2.45, 2.75) is 35.3 Å². The van der Waals surface area contributed by atoms with E-state index in [0.29, 0.717) is 2.93 Å². The van der Waals surface area contributed by atoms with Crippen molar-refractivity contribution < 1.29 is 29.5 Å². The van der Waals surface area contributed by atoms with Gasteiger partial charge in [0.05, 0.1) is 0 Å². The Morgan fingerprint density at radius 1 is 1.40 bits per heavy atom. The van der Waals surface area contributed by atoms with Crippen LogP contribution in [0.1, 0.15) is 19.3 Å². The second kappa shape index (κ2) is 3.64. The van der Waals surface area contributed by atoms with Gasteiger partial charge >= 0.3 is 80.1 Å². The predicted molar refractivity (Wildman–Crippen MR) is 41.4 cm³/mol. The first-order chi connectivity index (χ1) is 4.65. The molecular formula is C7H15OSiZr. The van der Waals surface area contributed by atoms with Crippen molar-refractivity contribution in [3.05, 3.63) is 0 Å². The molecule has 1 saturated heterocycles. The summed E-state index contributed by atoms with van der Waals surface area (Å²) in [4.78, 5) is 0. The summed E-state index contributed by atoms with van der Waals surface area (Å²) in [5.74, 6) is 0. The summed E-state index contributed by atoms with van der Waals surface area (Å²) < 4.78 is 6.24. The summed E-state index contributed by atoms with van der Waals surface area (Å²) in [5, 5.41) is 0. The molecule has 1 unspecified atom stereocenters. The van der Waals surface area contributed by atoms with Crippen molar-refractivity contribution in [2.24, 2.45) is 0 Å². The van der Waals surface area contributed by atoms with Gasteiger partial charge < -0.3 is 0 Å². The molecule has 0 spiro atoms. The van der Waals surface area contributed by atoms with Gasteiger partial charge in [0, 0.05) is 0 Å². The summed E-state index contributed by atoms with van der Waals surface area (Å²) in [6, 6.07) is 0. The van der Waals surface area contributed by atoms with Crippen molar-refractivity contribution >= 4 is 8.80 Å². The van der Waals surface area contributed by atoms with E-state index in [1.165, 1.54) is 19.3 Å². The third-order valence-electron chi connectivity index (χ3n) is 2.23. The third kappa shape index (κ3) is 2.02. The fourth-order valence-corrected chi connectivity index (χ4v) is 3.19. The van der Waals surface area contributed by atoms with Crippen molar-refractivity contribution in [2.75, 3.05) is 6.61 Å². The normalized spacial score (nSPS) is 34.6. The Morgan fingerprint density at radius 2 is 2.10 bits per heavy atom. The van der Waals surface area contributed by atoms with Crippen molar-refractivity contribution in [3.8, 4) is 0 Å². The molecule has 0 aromatic rings. The van der Waals surface area contributed by atoms with E-state index < -0.39 is 8.80 Å². The van der Waals surface area contributed by atoms with Crippen LogP contribution >= 0.6 is 0 Å². The van der Waals surface area contributed by atoms with Gasteiger partial charge in [-0.05, 0) is 0 Å². The molecule has 0 aliphatic carbocycles. The monoisotopic (exact) mass is 233 g/mol. The molecule has 0 N–H and O–H groups in total. The molecule has 0 radical (unpaired) electrons. The zero-order chi connectivity index (χ0) is 7.61. The molecule has 57 valence electrons. The van der Waals surface area contributed by atoms with Gasteiger partial charge in [0.2, 0.25) is 0 Å². The van der Waals surface area contributed by atoms with Gasteiger partial charge in [0.25, 0.3) is 0 Å². The Labute approximate surface area is 80.0 Å². The van der Waals surface area contributed by atoms with E-state index in [-0.39, 0.29) is 0 Å². The zero-order valence-electron chi connectivity index (χ0n) is 6.81. The molecule has 1 aliphatic heterocycles. The van der Waals surface area contributed by atoms with Crippen LogP contribution in [0.5, 0.6) is 0 Å². The molecule has 1 heterocycles. The Kier molecular flexibility index (Phi) is 3.33. The minimum atomic E-state index is -0.549. The van der Waals surface area contributed by atoms with Gasteiger partial charge in [-0.1, -0.05) is 0 Å². The molecule has 1 nitrogen and oxygen atoms in total. The molecule has 10 heavy (non-hydrogen) atoms. The SMILES string of the molecule is C[SiH](C)[C]1([Zr])CCCCO1. The molecule has 0 aromatic heterocycles. The molecule has 1 rings (SSSR count). The quantitative estimate of drug-likeness (QED) is 0.624. The number of hydrogen-bond acceptors (Lipinski definition) is 1. The van der Waals surface area contributed by atoms with Crippen LogP contribution in [0.2, 0.25) is 13.1 Å². The van der Waals surface area contributed by atoms with E-state index in [1.807, 2.05) is 0 Å².